The van der Waals surface area contributed by atoms with Gasteiger partial charge in [0.15, 0.2) is 0 Å². The zero-order valence-electron chi connectivity index (χ0n) is 11.8. The SMILES string of the molecule is CN(C)CCOC(c1ccccc1)c1ccnn1C. The molecule has 1 aromatic carbocycles. The lowest BCUT2D eigenvalue weighted by atomic mass is 10.1. The molecule has 2 aromatic rings. The Hall–Kier alpha value is -1.65. The fourth-order valence-electron chi connectivity index (χ4n) is 1.97. The van der Waals surface area contributed by atoms with Crippen molar-refractivity contribution >= 4 is 0 Å². The molecule has 1 aromatic heterocycles. The minimum atomic E-state index is -0.0614. The summed E-state index contributed by atoms with van der Waals surface area (Å²) in [4.78, 5) is 2.12. The second-order valence-electron chi connectivity index (χ2n) is 4.84. The minimum Gasteiger partial charge on any atom is -0.366 e. The molecule has 19 heavy (non-hydrogen) atoms. The molecule has 4 heteroatoms. The average molecular weight is 259 g/mol. The highest BCUT2D eigenvalue weighted by atomic mass is 16.5. The monoisotopic (exact) mass is 259 g/mol. The molecule has 0 aliphatic carbocycles. The Labute approximate surface area is 114 Å². The highest BCUT2D eigenvalue weighted by molar-refractivity contribution is 5.25. The van der Waals surface area contributed by atoms with Gasteiger partial charge in [0, 0.05) is 19.8 Å². The van der Waals surface area contributed by atoms with Crippen LogP contribution in [-0.2, 0) is 11.8 Å². The van der Waals surface area contributed by atoms with Gasteiger partial charge in [0.05, 0.1) is 12.3 Å². The van der Waals surface area contributed by atoms with Crippen LogP contribution in [0.1, 0.15) is 17.4 Å². The predicted octanol–water partition coefficient (Wildman–Crippen LogP) is 2.09. The second-order valence-corrected chi connectivity index (χ2v) is 4.84. The first-order valence-corrected chi connectivity index (χ1v) is 6.47. The van der Waals surface area contributed by atoms with Crippen molar-refractivity contribution in [3.63, 3.8) is 0 Å². The van der Waals surface area contributed by atoms with Gasteiger partial charge in [-0.3, -0.25) is 4.68 Å². The van der Waals surface area contributed by atoms with E-state index in [0.717, 1.165) is 17.8 Å². The predicted molar refractivity (Wildman–Crippen MR) is 76.0 cm³/mol. The Balaban J connectivity index is 2.17. The number of aromatic nitrogens is 2. The number of likely N-dealkylation sites (N-methyl/N-ethyl adjacent to an activating group) is 1. The van der Waals surface area contributed by atoms with E-state index >= 15 is 0 Å². The van der Waals surface area contributed by atoms with E-state index in [9.17, 15) is 0 Å². The van der Waals surface area contributed by atoms with Crippen LogP contribution in [0.3, 0.4) is 0 Å². The van der Waals surface area contributed by atoms with Gasteiger partial charge >= 0.3 is 0 Å². The van der Waals surface area contributed by atoms with Gasteiger partial charge in [-0.2, -0.15) is 5.10 Å². The normalized spacial score (nSPS) is 12.8. The first kappa shape index (κ1) is 13.8. The summed E-state index contributed by atoms with van der Waals surface area (Å²) in [5.74, 6) is 0. The Kier molecular flexibility index (Phi) is 4.71. The van der Waals surface area contributed by atoms with E-state index in [0.29, 0.717) is 6.61 Å². The molecule has 0 N–H and O–H groups in total. The van der Waals surface area contributed by atoms with Crippen LogP contribution in [-0.4, -0.2) is 41.9 Å². The number of ether oxygens (including phenoxy) is 1. The molecule has 2 rings (SSSR count). The summed E-state index contributed by atoms with van der Waals surface area (Å²) in [5, 5.41) is 4.23. The number of rotatable bonds is 6. The van der Waals surface area contributed by atoms with Crippen molar-refractivity contribution in [2.75, 3.05) is 27.2 Å². The molecule has 0 spiro atoms. The molecule has 1 heterocycles. The van der Waals surface area contributed by atoms with Crippen LogP contribution >= 0.6 is 0 Å². The van der Waals surface area contributed by atoms with Crippen LogP contribution in [0.2, 0.25) is 0 Å². The Morgan fingerprint density at radius 3 is 2.53 bits per heavy atom. The molecule has 0 bridgehead atoms. The molecular weight excluding hydrogens is 238 g/mol. The summed E-state index contributed by atoms with van der Waals surface area (Å²) in [6.07, 6.45) is 1.74. The van der Waals surface area contributed by atoms with E-state index in [1.165, 1.54) is 0 Å². The van der Waals surface area contributed by atoms with Gasteiger partial charge in [-0.1, -0.05) is 30.3 Å². The second kappa shape index (κ2) is 6.50. The minimum absolute atomic E-state index is 0.0614. The van der Waals surface area contributed by atoms with Crippen LogP contribution in [0, 0.1) is 0 Å². The van der Waals surface area contributed by atoms with E-state index in [2.05, 4.69) is 22.1 Å². The molecule has 0 radical (unpaired) electrons. The van der Waals surface area contributed by atoms with E-state index in [-0.39, 0.29) is 6.10 Å². The van der Waals surface area contributed by atoms with Crippen LogP contribution in [0.25, 0.3) is 0 Å². The summed E-state index contributed by atoms with van der Waals surface area (Å²) in [7, 11) is 6.04. The third kappa shape index (κ3) is 3.66. The molecule has 0 saturated carbocycles. The first-order valence-electron chi connectivity index (χ1n) is 6.47. The van der Waals surface area contributed by atoms with Crippen molar-refractivity contribution in [1.29, 1.82) is 0 Å². The molecular formula is C15H21N3O. The van der Waals surface area contributed by atoms with Crippen molar-refractivity contribution in [3.8, 4) is 0 Å². The molecule has 0 aliphatic rings. The first-order chi connectivity index (χ1) is 9.18. The largest absolute Gasteiger partial charge is 0.366 e. The molecule has 0 aliphatic heterocycles. The van der Waals surface area contributed by atoms with Crippen molar-refractivity contribution in [1.82, 2.24) is 14.7 Å². The van der Waals surface area contributed by atoms with Crippen molar-refractivity contribution in [2.24, 2.45) is 7.05 Å². The molecule has 1 unspecified atom stereocenters. The molecule has 0 fully saturated rings. The lowest BCUT2D eigenvalue weighted by Gasteiger charge is -2.20. The number of hydrogen-bond donors (Lipinski definition) is 0. The maximum Gasteiger partial charge on any atom is 0.124 e. The highest BCUT2D eigenvalue weighted by Gasteiger charge is 2.17. The molecule has 102 valence electrons. The van der Waals surface area contributed by atoms with Gasteiger partial charge in [-0.25, -0.2) is 0 Å². The van der Waals surface area contributed by atoms with Crippen molar-refractivity contribution in [3.05, 3.63) is 53.9 Å². The molecule has 0 amide bonds. The maximum atomic E-state index is 6.06. The van der Waals surface area contributed by atoms with Gasteiger partial charge in [0.2, 0.25) is 0 Å². The van der Waals surface area contributed by atoms with Gasteiger partial charge in [0.25, 0.3) is 0 Å². The number of nitrogens with zero attached hydrogens (tertiary/aromatic N) is 3. The van der Waals surface area contributed by atoms with Crippen LogP contribution in [0.5, 0.6) is 0 Å². The average Bonchev–Trinajstić information content (AvgIpc) is 2.82. The van der Waals surface area contributed by atoms with Crippen LogP contribution in [0.4, 0.5) is 0 Å². The van der Waals surface area contributed by atoms with Gasteiger partial charge in [0.1, 0.15) is 6.10 Å². The molecule has 4 nitrogen and oxygen atoms in total. The number of benzene rings is 1. The van der Waals surface area contributed by atoms with E-state index < -0.39 is 0 Å². The van der Waals surface area contributed by atoms with Gasteiger partial charge in [-0.15, -0.1) is 0 Å². The summed E-state index contributed by atoms with van der Waals surface area (Å²) >= 11 is 0. The number of aryl methyl sites for hydroxylation is 1. The lowest BCUT2D eigenvalue weighted by molar-refractivity contribution is 0.0638. The standard InChI is InChI=1S/C15H21N3O/c1-17(2)11-12-19-15(13-7-5-4-6-8-13)14-9-10-16-18(14)3/h4-10,15H,11-12H2,1-3H3. The van der Waals surface area contributed by atoms with Crippen molar-refractivity contribution in [2.45, 2.75) is 6.10 Å². The van der Waals surface area contributed by atoms with Crippen molar-refractivity contribution < 1.29 is 4.74 Å². The summed E-state index contributed by atoms with van der Waals surface area (Å²) in [6.45, 7) is 1.60. The van der Waals surface area contributed by atoms with Gasteiger partial charge < -0.3 is 9.64 Å². The van der Waals surface area contributed by atoms with Gasteiger partial charge in [-0.05, 0) is 25.7 Å². The van der Waals surface area contributed by atoms with Crippen LogP contribution in [0.15, 0.2) is 42.6 Å². The van der Waals surface area contributed by atoms with E-state index in [1.54, 1.807) is 6.20 Å². The Morgan fingerprint density at radius 2 is 1.95 bits per heavy atom. The van der Waals surface area contributed by atoms with E-state index in [4.69, 9.17) is 4.74 Å². The molecule has 0 saturated heterocycles. The quantitative estimate of drug-likeness (QED) is 0.795. The third-order valence-corrected chi connectivity index (χ3v) is 3.05. The summed E-state index contributed by atoms with van der Waals surface area (Å²) in [5.41, 5.74) is 2.23. The Bertz CT molecular complexity index is 493. The summed E-state index contributed by atoms with van der Waals surface area (Å²) in [6, 6.07) is 12.3. The van der Waals surface area contributed by atoms with Crippen LogP contribution < -0.4 is 0 Å². The summed E-state index contributed by atoms with van der Waals surface area (Å²) < 4.78 is 7.93. The Morgan fingerprint density at radius 1 is 1.21 bits per heavy atom. The lowest BCUT2D eigenvalue weighted by Crippen LogP contribution is -2.20. The smallest absolute Gasteiger partial charge is 0.124 e. The fourth-order valence-corrected chi connectivity index (χ4v) is 1.97. The highest BCUT2D eigenvalue weighted by Crippen LogP contribution is 2.25. The number of hydrogen-bond acceptors (Lipinski definition) is 3. The third-order valence-electron chi connectivity index (χ3n) is 3.05. The maximum absolute atomic E-state index is 6.06. The van der Waals surface area contributed by atoms with E-state index in [1.807, 2.05) is 50.1 Å². The zero-order valence-corrected chi connectivity index (χ0v) is 11.8. The molecule has 1 atom stereocenters. The topological polar surface area (TPSA) is 30.3 Å². The fraction of sp³-hybridized carbons (Fsp3) is 0.400. The zero-order chi connectivity index (χ0) is 13.7.